The van der Waals surface area contributed by atoms with Gasteiger partial charge in [-0.05, 0) is 41.3 Å². The number of amides is 1. The van der Waals surface area contributed by atoms with Crippen LogP contribution in [0.5, 0.6) is 0 Å². The first-order valence-corrected chi connectivity index (χ1v) is 8.11. The molecule has 1 aliphatic carbocycles. The molecule has 0 radical (unpaired) electrons. The van der Waals surface area contributed by atoms with Crippen molar-refractivity contribution in [3.63, 3.8) is 0 Å². The van der Waals surface area contributed by atoms with Crippen molar-refractivity contribution in [1.82, 2.24) is 4.57 Å². The second kappa shape index (κ2) is 7.22. The van der Waals surface area contributed by atoms with Crippen LogP contribution in [0, 0.1) is 0 Å². The first kappa shape index (κ1) is 16.2. The van der Waals surface area contributed by atoms with Gasteiger partial charge in [-0.1, -0.05) is 13.3 Å². The van der Waals surface area contributed by atoms with Crippen LogP contribution in [0.1, 0.15) is 45.6 Å². The molecule has 0 bridgehead atoms. The number of hydrogen-bond acceptors (Lipinski definition) is 3. The molecule has 1 amide bonds. The Morgan fingerprint density at radius 3 is 2.86 bits per heavy atom. The Hall–Kier alpha value is -1.14. The van der Waals surface area contributed by atoms with E-state index in [0.29, 0.717) is 5.69 Å². The average Bonchev–Trinajstić information content (AvgIpc) is 2.36. The molecule has 0 atom stereocenters. The lowest BCUT2D eigenvalue weighted by Crippen LogP contribution is -2.39. The molecule has 1 aromatic heterocycles. The van der Waals surface area contributed by atoms with E-state index in [2.05, 4.69) is 28.2 Å². The minimum absolute atomic E-state index is 0.147. The molecule has 0 spiro atoms. The van der Waals surface area contributed by atoms with Crippen LogP contribution in [0.3, 0.4) is 0 Å². The topological polar surface area (TPSA) is 60.3 Å². The summed E-state index contributed by atoms with van der Waals surface area (Å²) in [5, 5.41) is 2.58. The standard InChI is InChI=1S/C15H21BrN2O3/c1-3-4-5-21-13-7-12(8-13)18-9-11(16)6-14(15(18)20)17-10(2)19/h6,9,12-13H,3-5,7-8H2,1-2H3,(H,17,19). The predicted octanol–water partition coefficient (Wildman–Crippen LogP) is 3.09. The molecule has 1 saturated carbocycles. The molecular formula is C15H21BrN2O3. The SMILES string of the molecule is CCCCOC1CC(n2cc(Br)cc(NC(C)=O)c2=O)C1. The van der Waals surface area contributed by atoms with Crippen LogP contribution in [0.2, 0.25) is 0 Å². The summed E-state index contributed by atoms with van der Waals surface area (Å²) in [5.74, 6) is -0.244. The van der Waals surface area contributed by atoms with E-state index in [0.717, 1.165) is 36.8 Å². The van der Waals surface area contributed by atoms with Gasteiger partial charge in [0.25, 0.3) is 5.56 Å². The highest BCUT2D eigenvalue weighted by Crippen LogP contribution is 2.34. The molecule has 0 aliphatic heterocycles. The molecule has 2 rings (SSSR count). The van der Waals surface area contributed by atoms with E-state index in [-0.39, 0.29) is 23.6 Å². The molecule has 0 saturated heterocycles. The monoisotopic (exact) mass is 356 g/mol. The molecule has 1 heterocycles. The van der Waals surface area contributed by atoms with E-state index < -0.39 is 0 Å². The zero-order valence-electron chi connectivity index (χ0n) is 12.4. The third-order valence-corrected chi connectivity index (χ3v) is 4.07. The van der Waals surface area contributed by atoms with Gasteiger partial charge in [-0.15, -0.1) is 0 Å². The normalized spacial score (nSPS) is 20.9. The number of carbonyl (C=O) groups is 1. The fourth-order valence-corrected chi connectivity index (χ4v) is 2.86. The maximum atomic E-state index is 12.3. The number of ether oxygens (including phenoxy) is 1. The molecule has 0 aromatic carbocycles. The second-order valence-corrected chi connectivity index (χ2v) is 6.35. The first-order chi connectivity index (χ1) is 10.0. The predicted molar refractivity (Wildman–Crippen MR) is 85.6 cm³/mol. The van der Waals surface area contributed by atoms with Crippen LogP contribution in [0.4, 0.5) is 5.69 Å². The van der Waals surface area contributed by atoms with E-state index in [1.165, 1.54) is 6.92 Å². The van der Waals surface area contributed by atoms with E-state index in [4.69, 9.17) is 4.74 Å². The van der Waals surface area contributed by atoms with Gasteiger partial charge in [0.05, 0.1) is 6.10 Å². The Morgan fingerprint density at radius 1 is 1.52 bits per heavy atom. The number of anilines is 1. The van der Waals surface area contributed by atoms with Crippen LogP contribution in [-0.4, -0.2) is 23.2 Å². The summed E-state index contributed by atoms with van der Waals surface area (Å²) in [7, 11) is 0. The maximum Gasteiger partial charge on any atom is 0.274 e. The van der Waals surface area contributed by atoms with Crippen molar-refractivity contribution < 1.29 is 9.53 Å². The highest BCUT2D eigenvalue weighted by Gasteiger charge is 2.32. The summed E-state index contributed by atoms with van der Waals surface area (Å²) < 4.78 is 8.21. The maximum absolute atomic E-state index is 12.3. The van der Waals surface area contributed by atoms with Crippen LogP contribution in [-0.2, 0) is 9.53 Å². The van der Waals surface area contributed by atoms with Gasteiger partial charge in [0.15, 0.2) is 0 Å². The summed E-state index contributed by atoms with van der Waals surface area (Å²) in [4.78, 5) is 23.5. The number of halogens is 1. The fraction of sp³-hybridized carbons (Fsp3) is 0.600. The van der Waals surface area contributed by atoms with Gasteiger partial charge in [0, 0.05) is 30.2 Å². The van der Waals surface area contributed by atoms with E-state index in [1.54, 1.807) is 16.8 Å². The number of nitrogens with zero attached hydrogens (tertiary/aromatic N) is 1. The number of unbranched alkanes of at least 4 members (excludes halogenated alkanes) is 1. The summed E-state index contributed by atoms with van der Waals surface area (Å²) in [5.41, 5.74) is 0.151. The van der Waals surface area contributed by atoms with Gasteiger partial charge >= 0.3 is 0 Å². The third-order valence-electron chi connectivity index (χ3n) is 3.64. The molecule has 21 heavy (non-hydrogen) atoms. The van der Waals surface area contributed by atoms with Gasteiger partial charge in [0.1, 0.15) is 5.69 Å². The average molecular weight is 357 g/mol. The van der Waals surface area contributed by atoms with Crippen molar-refractivity contribution in [2.75, 3.05) is 11.9 Å². The Balaban J connectivity index is 2.03. The molecule has 5 nitrogen and oxygen atoms in total. The Kier molecular flexibility index (Phi) is 5.58. The van der Waals surface area contributed by atoms with E-state index >= 15 is 0 Å². The molecule has 1 aliphatic rings. The summed E-state index contributed by atoms with van der Waals surface area (Å²) in [6.45, 7) is 4.32. The van der Waals surface area contributed by atoms with E-state index in [9.17, 15) is 9.59 Å². The molecular weight excluding hydrogens is 336 g/mol. The number of aromatic nitrogens is 1. The van der Waals surface area contributed by atoms with Crippen LogP contribution in [0.25, 0.3) is 0 Å². The minimum Gasteiger partial charge on any atom is -0.378 e. The Bertz CT molecular complexity index is 565. The fourth-order valence-electron chi connectivity index (χ4n) is 2.41. The number of rotatable bonds is 6. The highest BCUT2D eigenvalue weighted by molar-refractivity contribution is 9.10. The third kappa shape index (κ3) is 4.17. The van der Waals surface area contributed by atoms with Gasteiger partial charge in [-0.25, -0.2) is 0 Å². The van der Waals surface area contributed by atoms with Crippen molar-refractivity contribution in [3.05, 3.63) is 27.1 Å². The number of carbonyl (C=O) groups excluding carboxylic acids is 1. The lowest BCUT2D eigenvalue weighted by atomic mass is 9.89. The van der Waals surface area contributed by atoms with E-state index in [1.807, 2.05) is 0 Å². The largest absolute Gasteiger partial charge is 0.378 e. The molecule has 0 unspecified atom stereocenters. The number of pyridine rings is 1. The zero-order chi connectivity index (χ0) is 15.4. The van der Waals surface area contributed by atoms with Crippen LogP contribution >= 0.6 is 15.9 Å². The summed E-state index contributed by atoms with van der Waals surface area (Å²) in [6, 6.07) is 1.78. The van der Waals surface area contributed by atoms with Gasteiger partial charge in [-0.3, -0.25) is 9.59 Å². The molecule has 1 fully saturated rings. The van der Waals surface area contributed by atoms with Crippen molar-refractivity contribution >= 4 is 27.5 Å². The lowest BCUT2D eigenvalue weighted by Gasteiger charge is -2.36. The summed E-state index contributed by atoms with van der Waals surface area (Å²) >= 11 is 3.38. The smallest absolute Gasteiger partial charge is 0.274 e. The van der Waals surface area contributed by atoms with Crippen molar-refractivity contribution in [1.29, 1.82) is 0 Å². The molecule has 1 N–H and O–H groups in total. The molecule has 6 heteroatoms. The molecule has 1 aromatic rings. The van der Waals surface area contributed by atoms with Gasteiger partial charge in [0.2, 0.25) is 5.91 Å². The van der Waals surface area contributed by atoms with Crippen molar-refractivity contribution in [3.8, 4) is 0 Å². The Morgan fingerprint density at radius 2 is 2.24 bits per heavy atom. The number of hydrogen-bond donors (Lipinski definition) is 1. The van der Waals surface area contributed by atoms with Crippen LogP contribution in [0.15, 0.2) is 21.5 Å². The van der Waals surface area contributed by atoms with Crippen molar-refractivity contribution in [2.24, 2.45) is 0 Å². The highest BCUT2D eigenvalue weighted by atomic mass is 79.9. The second-order valence-electron chi connectivity index (χ2n) is 5.44. The van der Waals surface area contributed by atoms with Gasteiger partial charge in [-0.2, -0.15) is 0 Å². The molecule has 116 valence electrons. The quantitative estimate of drug-likeness (QED) is 0.796. The zero-order valence-corrected chi connectivity index (χ0v) is 14.0. The lowest BCUT2D eigenvalue weighted by molar-refractivity contribution is -0.114. The Labute approximate surface area is 132 Å². The first-order valence-electron chi connectivity index (χ1n) is 7.32. The van der Waals surface area contributed by atoms with Gasteiger partial charge < -0.3 is 14.6 Å². The minimum atomic E-state index is -0.244. The van der Waals surface area contributed by atoms with Crippen LogP contribution < -0.4 is 10.9 Å². The van der Waals surface area contributed by atoms with Crippen molar-refractivity contribution in [2.45, 2.75) is 51.7 Å². The number of nitrogens with one attached hydrogen (secondary N) is 1. The summed E-state index contributed by atoms with van der Waals surface area (Å²) in [6.07, 6.45) is 5.92.